The second kappa shape index (κ2) is 14.4. The van der Waals surface area contributed by atoms with Gasteiger partial charge in [-0.25, -0.2) is 4.79 Å². The third kappa shape index (κ3) is 8.28. The van der Waals surface area contributed by atoms with E-state index in [1.165, 1.54) is 43.1 Å². The molecule has 2 rings (SSSR count). The van der Waals surface area contributed by atoms with Crippen molar-refractivity contribution in [3.05, 3.63) is 20.8 Å². The van der Waals surface area contributed by atoms with Crippen molar-refractivity contribution in [2.45, 2.75) is 90.1 Å². The van der Waals surface area contributed by atoms with Crippen molar-refractivity contribution in [3.63, 3.8) is 0 Å². The lowest BCUT2D eigenvalue weighted by atomic mass is 10.1. The Kier molecular flexibility index (Phi) is 11.9. The van der Waals surface area contributed by atoms with Gasteiger partial charge in [-0.05, 0) is 25.8 Å². The van der Waals surface area contributed by atoms with Gasteiger partial charge in [0.25, 0.3) is 5.56 Å². The maximum Gasteiger partial charge on any atom is 0.329 e. The van der Waals surface area contributed by atoms with Crippen molar-refractivity contribution in [2.75, 3.05) is 43.2 Å². The lowest BCUT2D eigenvalue weighted by molar-refractivity contribution is 0.158. The van der Waals surface area contributed by atoms with Gasteiger partial charge in [0, 0.05) is 27.2 Å². The molecule has 0 saturated heterocycles. The quantitative estimate of drug-likeness (QED) is 0.315. The third-order valence-corrected chi connectivity index (χ3v) is 6.39. The van der Waals surface area contributed by atoms with Crippen LogP contribution < -0.4 is 26.4 Å². The Labute approximate surface area is 193 Å². The van der Waals surface area contributed by atoms with Crippen LogP contribution in [0.1, 0.15) is 84.0 Å². The summed E-state index contributed by atoms with van der Waals surface area (Å²) in [6.07, 6.45) is 13.9. The molecule has 1 unspecified atom stereocenters. The molecule has 32 heavy (non-hydrogen) atoms. The van der Waals surface area contributed by atoms with E-state index in [0.29, 0.717) is 18.9 Å². The van der Waals surface area contributed by atoms with Crippen molar-refractivity contribution >= 4 is 11.5 Å². The molecule has 1 aliphatic rings. The summed E-state index contributed by atoms with van der Waals surface area (Å²) in [4.78, 5) is 30.5. The highest BCUT2D eigenvalue weighted by Gasteiger charge is 2.28. The smallest absolute Gasteiger partial charge is 0.329 e. The average molecular weight is 452 g/mol. The number of H-pyrrole nitrogens is 1. The first kappa shape index (κ1) is 26.5. The summed E-state index contributed by atoms with van der Waals surface area (Å²) in [5.74, 6) is 0.720. The molecular weight excluding hydrogens is 406 g/mol. The lowest BCUT2D eigenvalue weighted by Crippen LogP contribution is -2.32. The monoisotopic (exact) mass is 451 g/mol. The molecule has 0 aromatic carbocycles. The third-order valence-electron chi connectivity index (χ3n) is 6.39. The Morgan fingerprint density at radius 3 is 2.38 bits per heavy atom. The molecule has 0 aliphatic carbocycles. The van der Waals surface area contributed by atoms with Gasteiger partial charge in [-0.2, -0.15) is 0 Å². The molecule has 8 nitrogen and oxygen atoms in total. The minimum atomic E-state index is -0.367. The number of aromatic amines is 1. The van der Waals surface area contributed by atoms with Crippen LogP contribution in [0, 0.1) is 0 Å². The summed E-state index contributed by atoms with van der Waals surface area (Å²) in [5, 5.41) is 13.5. The fraction of sp³-hybridized carbons (Fsp3) is 0.833. The van der Waals surface area contributed by atoms with Crippen LogP contribution in [-0.4, -0.2) is 54.1 Å². The Morgan fingerprint density at radius 2 is 1.62 bits per heavy atom. The van der Waals surface area contributed by atoms with Crippen LogP contribution in [0.15, 0.2) is 9.59 Å². The molecule has 2 heterocycles. The van der Waals surface area contributed by atoms with Crippen LogP contribution in [0.4, 0.5) is 11.5 Å². The minimum absolute atomic E-state index is 0.244. The summed E-state index contributed by atoms with van der Waals surface area (Å²) in [6.45, 7) is 5.42. The first-order valence-corrected chi connectivity index (χ1v) is 12.6. The predicted octanol–water partition coefficient (Wildman–Crippen LogP) is 2.94. The summed E-state index contributed by atoms with van der Waals surface area (Å²) in [5.41, 5.74) is -0.103. The van der Waals surface area contributed by atoms with Gasteiger partial charge in [-0.15, -0.1) is 0 Å². The fourth-order valence-electron chi connectivity index (χ4n) is 4.49. The van der Waals surface area contributed by atoms with Crippen molar-refractivity contribution in [1.82, 2.24) is 14.9 Å². The van der Waals surface area contributed by atoms with Crippen molar-refractivity contribution in [1.29, 1.82) is 0 Å². The normalized spacial score (nSPS) is 14.2. The van der Waals surface area contributed by atoms with Gasteiger partial charge >= 0.3 is 5.69 Å². The topological polar surface area (TPSA) is 93.6 Å². The van der Waals surface area contributed by atoms with Crippen LogP contribution in [0.5, 0.6) is 0 Å². The maximum atomic E-state index is 12.1. The maximum absolute atomic E-state index is 12.1. The van der Waals surface area contributed by atoms with E-state index in [4.69, 9.17) is 0 Å². The molecule has 1 aromatic heterocycles. The molecule has 1 aliphatic heterocycles. The fourth-order valence-corrected chi connectivity index (χ4v) is 4.49. The molecule has 0 spiro atoms. The first-order chi connectivity index (χ1) is 15.5. The van der Waals surface area contributed by atoms with E-state index in [1.807, 2.05) is 11.9 Å². The molecule has 0 radical (unpaired) electrons. The zero-order valence-corrected chi connectivity index (χ0v) is 20.5. The Bertz CT molecular complexity index is 776. The van der Waals surface area contributed by atoms with E-state index in [0.717, 1.165) is 57.4 Å². The second-order valence-electron chi connectivity index (χ2n) is 9.28. The largest absolute Gasteiger partial charge is 0.392 e. The zero-order valence-electron chi connectivity index (χ0n) is 20.5. The number of fused-ring (bicyclic) bond motifs is 1. The molecule has 1 aromatic rings. The molecule has 0 amide bonds. The summed E-state index contributed by atoms with van der Waals surface area (Å²) < 4.78 is 1.53. The van der Waals surface area contributed by atoms with Crippen LogP contribution in [-0.2, 0) is 7.05 Å². The molecule has 0 fully saturated rings. The number of unbranched alkanes of at least 4 members (excludes halogenated alkanes) is 9. The summed E-state index contributed by atoms with van der Waals surface area (Å²) in [7, 11) is 3.59. The van der Waals surface area contributed by atoms with Crippen LogP contribution in [0.2, 0.25) is 0 Å². The molecule has 0 saturated carbocycles. The van der Waals surface area contributed by atoms with Gasteiger partial charge in [0.15, 0.2) is 0 Å². The average Bonchev–Trinajstić information content (AvgIpc) is 3.10. The molecule has 0 bridgehead atoms. The summed E-state index contributed by atoms with van der Waals surface area (Å²) >= 11 is 0. The van der Waals surface area contributed by atoms with E-state index >= 15 is 0 Å². The van der Waals surface area contributed by atoms with Gasteiger partial charge in [-0.1, -0.05) is 64.7 Å². The number of hydrogen-bond donors (Lipinski definition) is 3. The Hall–Kier alpha value is -1.80. The van der Waals surface area contributed by atoms with Crippen molar-refractivity contribution in [3.8, 4) is 0 Å². The number of anilines is 2. The van der Waals surface area contributed by atoms with E-state index in [-0.39, 0.29) is 17.4 Å². The zero-order chi connectivity index (χ0) is 23.3. The van der Waals surface area contributed by atoms with E-state index in [1.54, 1.807) is 7.05 Å². The van der Waals surface area contributed by atoms with Crippen LogP contribution in [0.3, 0.4) is 0 Å². The first-order valence-electron chi connectivity index (χ1n) is 12.6. The molecular formula is C24H45N5O3. The molecule has 8 heteroatoms. The van der Waals surface area contributed by atoms with E-state index in [9.17, 15) is 14.7 Å². The summed E-state index contributed by atoms with van der Waals surface area (Å²) in [6, 6.07) is 0. The highest BCUT2D eigenvalue weighted by molar-refractivity contribution is 5.71. The SMILES string of the molecule is CCCCCCCCNCC(O)CCCCCCCN1CN(C)c2c1n(C)c(=O)[nH]c2=O. The molecule has 3 N–H and O–H groups in total. The van der Waals surface area contributed by atoms with Gasteiger partial charge in [0.05, 0.1) is 12.8 Å². The minimum Gasteiger partial charge on any atom is -0.392 e. The molecule has 1 atom stereocenters. The second-order valence-corrected chi connectivity index (χ2v) is 9.28. The standard InChI is InChI=1S/C24H45N5O3/c1-4-5-6-7-10-13-16-25-18-20(30)15-12-9-8-11-14-17-29-19-27(2)21-22(31)26-24(32)28(3)23(21)29/h20,25,30H,4-19H2,1-3H3,(H,26,31,32). The van der Waals surface area contributed by atoms with Gasteiger partial charge in [-0.3, -0.25) is 14.3 Å². The highest BCUT2D eigenvalue weighted by Crippen LogP contribution is 2.29. The number of nitrogens with one attached hydrogen (secondary N) is 2. The van der Waals surface area contributed by atoms with E-state index in [2.05, 4.69) is 22.1 Å². The number of aromatic nitrogens is 2. The molecule has 184 valence electrons. The number of aliphatic hydroxyl groups excluding tert-OH is 1. The van der Waals surface area contributed by atoms with Crippen LogP contribution in [0.25, 0.3) is 0 Å². The van der Waals surface area contributed by atoms with Crippen molar-refractivity contribution in [2.24, 2.45) is 7.05 Å². The van der Waals surface area contributed by atoms with Gasteiger partial charge in [0.2, 0.25) is 0 Å². The van der Waals surface area contributed by atoms with Crippen molar-refractivity contribution < 1.29 is 5.11 Å². The predicted molar refractivity (Wildman–Crippen MR) is 133 cm³/mol. The number of rotatable bonds is 17. The van der Waals surface area contributed by atoms with Crippen LogP contribution >= 0.6 is 0 Å². The van der Waals surface area contributed by atoms with E-state index < -0.39 is 0 Å². The highest BCUT2D eigenvalue weighted by atomic mass is 16.3. The Balaban J connectivity index is 1.51. The van der Waals surface area contributed by atoms with Gasteiger partial charge in [0.1, 0.15) is 11.5 Å². The Morgan fingerprint density at radius 1 is 0.969 bits per heavy atom. The lowest BCUT2D eigenvalue weighted by Gasteiger charge is -2.20. The van der Waals surface area contributed by atoms with Gasteiger partial charge < -0.3 is 20.2 Å². The number of aliphatic hydroxyl groups is 1. The number of nitrogens with zero attached hydrogens (tertiary/aromatic N) is 3. The number of hydrogen-bond acceptors (Lipinski definition) is 6.